The molecule has 2 aromatic rings. The van der Waals surface area contributed by atoms with Crippen molar-refractivity contribution in [1.29, 1.82) is 0 Å². The maximum absolute atomic E-state index is 13.0. The fourth-order valence-electron chi connectivity index (χ4n) is 2.72. The summed E-state index contributed by atoms with van der Waals surface area (Å²) in [7, 11) is 0. The molecule has 150 valence electrons. The molecule has 2 rings (SSSR count). The van der Waals surface area contributed by atoms with Crippen LogP contribution in [-0.4, -0.2) is 34.6 Å². The van der Waals surface area contributed by atoms with Crippen LogP contribution in [0.25, 0.3) is 0 Å². The molecule has 4 nitrogen and oxygen atoms in total. The molecule has 0 spiro atoms. The van der Waals surface area contributed by atoms with Crippen molar-refractivity contribution in [2.45, 2.75) is 51.2 Å². The summed E-state index contributed by atoms with van der Waals surface area (Å²) in [5.41, 5.74) is 2.14. The van der Waals surface area contributed by atoms with Gasteiger partial charge in [-0.2, -0.15) is 0 Å². The van der Waals surface area contributed by atoms with E-state index >= 15 is 0 Å². The Hall–Kier alpha value is -1.98. The van der Waals surface area contributed by atoms with E-state index < -0.39 is 6.04 Å². The van der Waals surface area contributed by atoms with Crippen molar-refractivity contribution in [3.63, 3.8) is 0 Å². The molecule has 0 saturated carbocycles. The number of carbonyl (C=O) groups is 2. The molecular weight excluding hydrogens is 392 g/mol. The number of rotatable bonds is 8. The monoisotopic (exact) mass is 418 g/mol. The standard InChI is InChI=1S/C22H27ClN2O2S/c1-15(2)24-22(27)17(4)25(13-18-8-6-5-7-16(18)3)21(26)14-28-20-11-9-19(23)10-12-20/h5-12,15,17H,13-14H2,1-4H3,(H,24,27). The number of hydrogen-bond donors (Lipinski definition) is 1. The largest absolute Gasteiger partial charge is 0.352 e. The highest BCUT2D eigenvalue weighted by Gasteiger charge is 2.26. The number of amides is 2. The van der Waals surface area contributed by atoms with Gasteiger partial charge in [0, 0.05) is 22.5 Å². The van der Waals surface area contributed by atoms with E-state index in [1.165, 1.54) is 11.8 Å². The average Bonchev–Trinajstić information content (AvgIpc) is 2.65. The van der Waals surface area contributed by atoms with Crippen LogP contribution < -0.4 is 5.32 Å². The molecule has 0 bridgehead atoms. The lowest BCUT2D eigenvalue weighted by molar-refractivity contribution is -0.138. The molecule has 0 aliphatic rings. The zero-order chi connectivity index (χ0) is 20.7. The van der Waals surface area contributed by atoms with Crippen LogP contribution in [0.4, 0.5) is 0 Å². The van der Waals surface area contributed by atoms with Gasteiger partial charge in [-0.15, -0.1) is 11.8 Å². The van der Waals surface area contributed by atoms with Gasteiger partial charge in [0.15, 0.2) is 0 Å². The first kappa shape index (κ1) is 22.3. The Morgan fingerprint density at radius 3 is 2.32 bits per heavy atom. The number of benzene rings is 2. The van der Waals surface area contributed by atoms with Crippen molar-refractivity contribution in [1.82, 2.24) is 10.2 Å². The lowest BCUT2D eigenvalue weighted by Crippen LogP contribution is -2.49. The van der Waals surface area contributed by atoms with Crippen molar-refractivity contribution >= 4 is 35.2 Å². The minimum Gasteiger partial charge on any atom is -0.352 e. The first-order valence-electron chi connectivity index (χ1n) is 9.30. The van der Waals surface area contributed by atoms with E-state index in [2.05, 4.69) is 5.32 Å². The molecule has 1 N–H and O–H groups in total. The summed E-state index contributed by atoms with van der Waals surface area (Å²) >= 11 is 7.36. The lowest BCUT2D eigenvalue weighted by Gasteiger charge is -2.29. The lowest BCUT2D eigenvalue weighted by atomic mass is 10.1. The second-order valence-corrected chi connectivity index (χ2v) is 8.52. The predicted octanol–water partition coefficient (Wildman–Crippen LogP) is 4.68. The molecule has 1 atom stereocenters. The molecule has 6 heteroatoms. The fourth-order valence-corrected chi connectivity index (χ4v) is 3.63. The van der Waals surface area contributed by atoms with Crippen LogP contribution in [0.15, 0.2) is 53.4 Å². The van der Waals surface area contributed by atoms with E-state index in [-0.39, 0.29) is 23.6 Å². The van der Waals surface area contributed by atoms with Gasteiger partial charge in [-0.1, -0.05) is 35.9 Å². The average molecular weight is 419 g/mol. The number of aryl methyl sites for hydroxylation is 1. The Labute approximate surface area is 176 Å². The number of nitrogens with one attached hydrogen (secondary N) is 1. The maximum Gasteiger partial charge on any atom is 0.242 e. The first-order chi connectivity index (χ1) is 13.3. The number of hydrogen-bond acceptors (Lipinski definition) is 3. The molecule has 0 aliphatic heterocycles. The fraction of sp³-hybridized carbons (Fsp3) is 0.364. The van der Waals surface area contributed by atoms with Crippen molar-refractivity contribution in [3.8, 4) is 0 Å². The first-order valence-corrected chi connectivity index (χ1v) is 10.7. The Morgan fingerprint density at radius 1 is 1.07 bits per heavy atom. The van der Waals surface area contributed by atoms with Gasteiger partial charge < -0.3 is 10.2 Å². The van der Waals surface area contributed by atoms with Gasteiger partial charge in [0.25, 0.3) is 0 Å². The van der Waals surface area contributed by atoms with Gasteiger partial charge >= 0.3 is 0 Å². The Bertz CT molecular complexity index is 808. The smallest absolute Gasteiger partial charge is 0.242 e. The second-order valence-electron chi connectivity index (χ2n) is 7.03. The van der Waals surface area contributed by atoms with Gasteiger partial charge in [-0.3, -0.25) is 9.59 Å². The quantitative estimate of drug-likeness (QED) is 0.633. The highest BCUT2D eigenvalue weighted by Crippen LogP contribution is 2.22. The highest BCUT2D eigenvalue weighted by atomic mass is 35.5. The molecule has 0 aliphatic carbocycles. The zero-order valence-corrected chi connectivity index (χ0v) is 18.3. The minimum absolute atomic E-state index is 0.0220. The highest BCUT2D eigenvalue weighted by molar-refractivity contribution is 8.00. The summed E-state index contributed by atoms with van der Waals surface area (Å²) in [6, 6.07) is 14.8. The van der Waals surface area contributed by atoms with Crippen LogP contribution in [-0.2, 0) is 16.1 Å². The van der Waals surface area contributed by atoms with Gasteiger partial charge in [0.05, 0.1) is 5.75 Å². The normalized spacial score (nSPS) is 11.9. The molecule has 28 heavy (non-hydrogen) atoms. The topological polar surface area (TPSA) is 49.4 Å². The Kier molecular flexibility index (Phi) is 8.39. The van der Waals surface area contributed by atoms with Crippen molar-refractivity contribution in [3.05, 3.63) is 64.7 Å². The van der Waals surface area contributed by atoms with E-state index in [4.69, 9.17) is 11.6 Å². The van der Waals surface area contributed by atoms with E-state index in [0.29, 0.717) is 11.6 Å². The third-order valence-electron chi connectivity index (χ3n) is 4.38. The van der Waals surface area contributed by atoms with Crippen molar-refractivity contribution in [2.75, 3.05) is 5.75 Å². The number of halogens is 1. The molecule has 2 aromatic carbocycles. The van der Waals surface area contributed by atoms with Crippen molar-refractivity contribution < 1.29 is 9.59 Å². The Balaban J connectivity index is 2.15. The van der Waals surface area contributed by atoms with Gasteiger partial charge in [-0.25, -0.2) is 0 Å². The van der Waals surface area contributed by atoms with Crippen LogP contribution in [0, 0.1) is 6.92 Å². The van der Waals surface area contributed by atoms with Gasteiger partial charge in [0.1, 0.15) is 6.04 Å². The molecule has 0 saturated heterocycles. The predicted molar refractivity (Wildman–Crippen MR) is 117 cm³/mol. The number of thioether (sulfide) groups is 1. The van der Waals surface area contributed by atoms with Gasteiger partial charge in [-0.05, 0) is 63.1 Å². The summed E-state index contributed by atoms with van der Waals surface area (Å²) in [5, 5.41) is 3.57. The molecule has 0 heterocycles. The van der Waals surface area contributed by atoms with E-state index in [1.807, 2.05) is 57.2 Å². The SMILES string of the molecule is Cc1ccccc1CN(C(=O)CSc1ccc(Cl)cc1)C(C)C(=O)NC(C)C. The second kappa shape index (κ2) is 10.5. The van der Waals surface area contributed by atoms with E-state index in [1.54, 1.807) is 24.0 Å². The van der Waals surface area contributed by atoms with Crippen LogP contribution in [0.3, 0.4) is 0 Å². The summed E-state index contributed by atoms with van der Waals surface area (Å²) in [6.45, 7) is 8.02. The summed E-state index contributed by atoms with van der Waals surface area (Å²) in [4.78, 5) is 28.2. The van der Waals surface area contributed by atoms with Crippen molar-refractivity contribution in [2.24, 2.45) is 0 Å². The zero-order valence-electron chi connectivity index (χ0n) is 16.7. The van der Waals surface area contributed by atoms with Crippen LogP contribution in [0.2, 0.25) is 5.02 Å². The molecule has 0 aromatic heterocycles. The number of nitrogens with zero attached hydrogens (tertiary/aromatic N) is 1. The summed E-state index contributed by atoms with van der Waals surface area (Å²) in [6.07, 6.45) is 0. The van der Waals surface area contributed by atoms with E-state index in [0.717, 1.165) is 16.0 Å². The number of carbonyl (C=O) groups excluding carboxylic acids is 2. The summed E-state index contributed by atoms with van der Waals surface area (Å²) in [5.74, 6) is 0.0373. The van der Waals surface area contributed by atoms with Gasteiger partial charge in [0.2, 0.25) is 11.8 Å². The molecule has 0 radical (unpaired) electrons. The van der Waals surface area contributed by atoms with E-state index in [9.17, 15) is 9.59 Å². The minimum atomic E-state index is -0.555. The van der Waals surface area contributed by atoms with Crippen LogP contribution >= 0.6 is 23.4 Å². The van der Waals surface area contributed by atoms with Crippen LogP contribution in [0.1, 0.15) is 31.9 Å². The summed E-state index contributed by atoms with van der Waals surface area (Å²) < 4.78 is 0. The molecule has 0 fully saturated rings. The third kappa shape index (κ3) is 6.57. The molecule has 1 unspecified atom stereocenters. The Morgan fingerprint density at radius 2 is 1.71 bits per heavy atom. The third-order valence-corrected chi connectivity index (χ3v) is 5.62. The maximum atomic E-state index is 13.0. The molecular formula is C22H27ClN2O2S. The molecule has 2 amide bonds. The van der Waals surface area contributed by atoms with Crippen LogP contribution in [0.5, 0.6) is 0 Å².